The molecule has 1 fully saturated rings. The number of hydrogen-bond acceptors (Lipinski definition) is 3. The SMILES string of the molecule is Cc1cccc(C(C)C)c1NS(=O)(=O)CC1CCNCC1. The zero-order chi connectivity index (χ0) is 15.5. The van der Waals surface area contributed by atoms with E-state index >= 15 is 0 Å². The first-order chi connectivity index (χ1) is 9.89. The van der Waals surface area contributed by atoms with Gasteiger partial charge >= 0.3 is 0 Å². The molecule has 1 saturated heterocycles. The number of aryl methyl sites for hydroxylation is 1. The first-order valence-corrected chi connectivity index (χ1v) is 9.35. The van der Waals surface area contributed by atoms with Crippen molar-refractivity contribution in [1.29, 1.82) is 0 Å². The van der Waals surface area contributed by atoms with Crippen LogP contribution in [0.2, 0.25) is 0 Å². The third-order valence-electron chi connectivity index (χ3n) is 4.10. The van der Waals surface area contributed by atoms with Crippen molar-refractivity contribution in [2.24, 2.45) is 5.92 Å². The zero-order valence-electron chi connectivity index (χ0n) is 13.1. The fourth-order valence-corrected chi connectivity index (χ4v) is 4.49. The van der Waals surface area contributed by atoms with Gasteiger partial charge in [-0.2, -0.15) is 0 Å². The fraction of sp³-hybridized carbons (Fsp3) is 0.625. The number of benzene rings is 1. The highest BCUT2D eigenvalue weighted by Gasteiger charge is 2.22. The third kappa shape index (κ3) is 4.45. The molecule has 1 aliphatic heterocycles. The van der Waals surface area contributed by atoms with Crippen LogP contribution in [-0.2, 0) is 10.0 Å². The van der Waals surface area contributed by atoms with Crippen molar-refractivity contribution >= 4 is 15.7 Å². The first kappa shape index (κ1) is 16.3. The number of rotatable bonds is 5. The Morgan fingerprint density at radius 3 is 2.57 bits per heavy atom. The highest BCUT2D eigenvalue weighted by molar-refractivity contribution is 7.92. The second kappa shape index (κ2) is 6.79. The number of nitrogens with one attached hydrogen (secondary N) is 2. The van der Waals surface area contributed by atoms with Crippen LogP contribution in [0, 0.1) is 12.8 Å². The molecule has 4 nitrogen and oxygen atoms in total. The predicted octanol–water partition coefficient (Wildman–Crippen LogP) is 2.86. The number of piperidine rings is 1. The van der Waals surface area contributed by atoms with Crippen LogP contribution in [0.5, 0.6) is 0 Å². The van der Waals surface area contributed by atoms with Crippen LogP contribution < -0.4 is 10.0 Å². The van der Waals surface area contributed by atoms with Crippen LogP contribution in [0.25, 0.3) is 0 Å². The Kier molecular flexibility index (Phi) is 5.27. The van der Waals surface area contributed by atoms with E-state index in [1.54, 1.807) is 0 Å². The predicted molar refractivity (Wildman–Crippen MR) is 88.3 cm³/mol. The van der Waals surface area contributed by atoms with Gasteiger partial charge < -0.3 is 5.32 Å². The summed E-state index contributed by atoms with van der Waals surface area (Å²) >= 11 is 0. The van der Waals surface area contributed by atoms with Crippen LogP contribution in [0.1, 0.15) is 43.7 Å². The molecule has 1 aliphatic rings. The summed E-state index contributed by atoms with van der Waals surface area (Å²) in [4.78, 5) is 0. The maximum absolute atomic E-state index is 12.5. The van der Waals surface area contributed by atoms with Gasteiger partial charge in [0.2, 0.25) is 10.0 Å². The standard InChI is InChI=1S/C16H26N2O2S/c1-12(2)15-6-4-5-13(3)16(15)18-21(19,20)11-14-7-9-17-10-8-14/h4-6,12,14,17-18H,7-11H2,1-3H3. The summed E-state index contributed by atoms with van der Waals surface area (Å²) in [6, 6.07) is 5.93. The van der Waals surface area contributed by atoms with E-state index in [0.717, 1.165) is 42.7 Å². The van der Waals surface area contributed by atoms with E-state index in [0.29, 0.717) is 5.92 Å². The van der Waals surface area contributed by atoms with Gasteiger partial charge in [-0.15, -0.1) is 0 Å². The van der Waals surface area contributed by atoms with Gasteiger partial charge in [-0.1, -0.05) is 32.0 Å². The normalized spacial score (nSPS) is 17.1. The minimum absolute atomic E-state index is 0.223. The van der Waals surface area contributed by atoms with E-state index in [1.165, 1.54) is 0 Å². The molecule has 0 unspecified atom stereocenters. The van der Waals surface area contributed by atoms with Crippen LogP contribution >= 0.6 is 0 Å². The van der Waals surface area contributed by atoms with E-state index in [1.807, 2.05) is 25.1 Å². The Hall–Kier alpha value is -1.07. The Morgan fingerprint density at radius 1 is 1.29 bits per heavy atom. The minimum Gasteiger partial charge on any atom is -0.317 e. The van der Waals surface area contributed by atoms with Crippen LogP contribution in [0.4, 0.5) is 5.69 Å². The molecule has 1 heterocycles. The molecule has 0 radical (unpaired) electrons. The molecule has 21 heavy (non-hydrogen) atoms. The number of anilines is 1. The lowest BCUT2D eigenvalue weighted by Gasteiger charge is -2.23. The summed E-state index contributed by atoms with van der Waals surface area (Å²) in [5.74, 6) is 0.775. The molecule has 1 aromatic carbocycles. The Morgan fingerprint density at radius 2 is 1.95 bits per heavy atom. The average Bonchev–Trinajstić information content (AvgIpc) is 2.41. The molecular weight excluding hydrogens is 284 g/mol. The second-order valence-corrected chi connectivity index (χ2v) is 8.04. The lowest BCUT2D eigenvalue weighted by Crippen LogP contribution is -2.33. The number of sulfonamides is 1. The van der Waals surface area contributed by atoms with Gasteiger partial charge in [0.25, 0.3) is 0 Å². The number of para-hydroxylation sites is 1. The summed E-state index contributed by atoms with van der Waals surface area (Å²) in [7, 11) is -3.29. The van der Waals surface area contributed by atoms with Crippen molar-refractivity contribution < 1.29 is 8.42 Å². The minimum atomic E-state index is -3.29. The van der Waals surface area contributed by atoms with E-state index in [9.17, 15) is 8.42 Å². The third-order valence-corrected chi connectivity index (χ3v) is 5.52. The van der Waals surface area contributed by atoms with Gasteiger partial charge in [0.05, 0.1) is 11.4 Å². The smallest absolute Gasteiger partial charge is 0.233 e. The highest BCUT2D eigenvalue weighted by atomic mass is 32.2. The van der Waals surface area contributed by atoms with Crippen molar-refractivity contribution in [1.82, 2.24) is 5.32 Å². The molecule has 0 saturated carbocycles. The quantitative estimate of drug-likeness (QED) is 0.879. The molecule has 5 heteroatoms. The van der Waals surface area contributed by atoms with Gasteiger partial charge in [0, 0.05) is 0 Å². The van der Waals surface area contributed by atoms with E-state index < -0.39 is 10.0 Å². The lowest BCUT2D eigenvalue weighted by atomic mass is 9.99. The number of hydrogen-bond donors (Lipinski definition) is 2. The highest BCUT2D eigenvalue weighted by Crippen LogP contribution is 2.29. The molecule has 0 bridgehead atoms. The molecule has 0 amide bonds. The Balaban J connectivity index is 2.16. The van der Waals surface area contributed by atoms with Gasteiger partial charge in [0.1, 0.15) is 0 Å². The maximum atomic E-state index is 12.5. The first-order valence-electron chi connectivity index (χ1n) is 7.70. The second-order valence-electron chi connectivity index (χ2n) is 6.27. The van der Waals surface area contributed by atoms with Crippen molar-refractivity contribution in [3.8, 4) is 0 Å². The summed E-state index contributed by atoms with van der Waals surface area (Å²) in [5, 5.41) is 3.27. The monoisotopic (exact) mass is 310 g/mol. The van der Waals surface area contributed by atoms with Crippen molar-refractivity contribution in [2.45, 2.75) is 39.5 Å². The molecule has 2 rings (SSSR count). The summed E-state index contributed by atoms with van der Waals surface area (Å²) in [6.07, 6.45) is 1.87. The Labute approximate surface area is 128 Å². The molecule has 0 aromatic heterocycles. The van der Waals surface area contributed by atoms with Crippen molar-refractivity contribution in [3.05, 3.63) is 29.3 Å². The van der Waals surface area contributed by atoms with Crippen molar-refractivity contribution in [3.63, 3.8) is 0 Å². The largest absolute Gasteiger partial charge is 0.317 e. The maximum Gasteiger partial charge on any atom is 0.233 e. The lowest BCUT2D eigenvalue weighted by molar-refractivity contribution is 0.402. The van der Waals surface area contributed by atoms with E-state index in [-0.39, 0.29) is 11.7 Å². The molecule has 0 spiro atoms. The van der Waals surface area contributed by atoms with Gasteiger partial charge in [-0.05, 0) is 55.8 Å². The fourth-order valence-electron chi connectivity index (χ4n) is 2.87. The topological polar surface area (TPSA) is 58.2 Å². The molecule has 1 aromatic rings. The summed E-state index contributed by atoms with van der Waals surface area (Å²) < 4.78 is 27.8. The molecular formula is C16H26N2O2S. The van der Waals surface area contributed by atoms with Gasteiger partial charge in [0.15, 0.2) is 0 Å². The van der Waals surface area contributed by atoms with E-state index in [4.69, 9.17) is 0 Å². The summed E-state index contributed by atoms with van der Waals surface area (Å²) in [6.45, 7) is 7.95. The molecule has 0 aliphatic carbocycles. The van der Waals surface area contributed by atoms with Gasteiger partial charge in [-0.3, -0.25) is 4.72 Å². The van der Waals surface area contributed by atoms with Gasteiger partial charge in [-0.25, -0.2) is 8.42 Å². The van der Waals surface area contributed by atoms with Crippen LogP contribution in [-0.4, -0.2) is 27.3 Å². The van der Waals surface area contributed by atoms with E-state index in [2.05, 4.69) is 23.9 Å². The van der Waals surface area contributed by atoms with Crippen LogP contribution in [0.15, 0.2) is 18.2 Å². The molecule has 0 atom stereocenters. The van der Waals surface area contributed by atoms with Crippen LogP contribution in [0.3, 0.4) is 0 Å². The molecule has 118 valence electrons. The average molecular weight is 310 g/mol. The summed E-state index contributed by atoms with van der Waals surface area (Å²) in [5.41, 5.74) is 2.81. The zero-order valence-corrected chi connectivity index (χ0v) is 14.0. The molecule has 2 N–H and O–H groups in total. The Bertz CT molecular complexity index is 576. The van der Waals surface area contributed by atoms with Crippen molar-refractivity contribution in [2.75, 3.05) is 23.6 Å².